The van der Waals surface area contributed by atoms with Gasteiger partial charge in [0.1, 0.15) is 0 Å². The van der Waals surface area contributed by atoms with Crippen LogP contribution in [0.15, 0.2) is 0 Å². The molecule has 0 spiro atoms. The molecular weight excluding hydrogens is 146 g/mol. The Morgan fingerprint density at radius 3 is 2.75 bits per heavy atom. The van der Waals surface area contributed by atoms with E-state index in [4.69, 9.17) is 0 Å². The first-order chi connectivity index (χ1) is 5.79. The zero-order chi connectivity index (χ0) is 8.97. The minimum atomic E-state index is 0.812. The van der Waals surface area contributed by atoms with E-state index in [0.717, 1.165) is 17.9 Å². The predicted molar refractivity (Wildman–Crippen MR) is 54.3 cm³/mol. The molecule has 1 aliphatic carbocycles. The highest BCUT2D eigenvalue weighted by atomic mass is 14.9. The molecule has 0 aromatic carbocycles. The molecule has 0 radical (unpaired) electrons. The minimum absolute atomic E-state index is 0.812. The molecule has 1 saturated carbocycles. The van der Waals surface area contributed by atoms with Crippen molar-refractivity contribution in [3.05, 3.63) is 0 Å². The monoisotopic (exact) mass is 169 g/mol. The van der Waals surface area contributed by atoms with E-state index >= 15 is 0 Å². The van der Waals surface area contributed by atoms with Gasteiger partial charge in [-0.3, -0.25) is 0 Å². The van der Waals surface area contributed by atoms with E-state index in [-0.39, 0.29) is 0 Å². The van der Waals surface area contributed by atoms with Crippen molar-refractivity contribution in [3.63, 3.8) is 0 Å². The van der Waals surface area contributed by atoms with Crippen molar-refractivity contribution >= 4 is 0 Å². The lowest BCUT2D eigenvalue weighted by Gasteiger charge is -2.25. The zero-order valence-corrected chi connectivity index (χ0v) is 8.77. The summed E-state index contributed by atoms with van der Waals surface area (Å²) < 4.78 is 0. The van der Waals surface area contributed by atoms with Crippen LogP contribution < -0.4 is 5.32 Å². The average Bonchev–Trinajstić information content (AvgIpc) is 2.51. The standard InChI is InChI=1S/C11H23N/c1-4-6-9(2)10-7-5-8-11(10)12-3/h9-12H,4-8H2,1-3H3. The van der Waals surface area contributed by atoms with Crippen LogP contribution in [-0.2, 0) is 0 Å². The maximum absolute atomic E-state index is 3.45. The first-order valence-corrected chi connectivity index (χ1v) is 5.46. The van der Waals surface area contributed by atoms with Crippen molar-refractivity contribution in [2.24, 2.45) is 11.8 Å². The highest BCUT2D eigenvalue weighted by Crippen LogP contribution is 2.33. The largest absolute Gasteiger partial charge is 0.317 e. The van der Waals surface area contributed by atoms with E-state index < -0.39 is 0 Å². The molecule has 12 heavy (non-hydrogen) atoms. The van der Waals surface area contributed by atoms with Crippen molar-refractivity contribution in [1.29, 1.82) is 0 Å². The van der Waals surface area contributed by atoms with Gasteiger partial charge in [-0.1, -0.05) is 33.1 Å². The van der Waals surface area contributed by atoms with E-state index in [9.17, 15) is 0 Å². The van der Waals surface area contributed by atoms with Gasteiger partial charge in [0.05, 0.1) is 0 Å². The molecule has 0 saturated heterocycles. The van der Waals surface area contributed by atoms with Crippen LogP contribution in [-0.4, -0.2) is 13.1 Å². The van der Waals surface area contributed by atoms with Crippen LogP contribution in [0.5, 0.6) is 0 Å². The minimum Gasteiger partial charge on any atom is -0.317 e. The third kappa shape index (κ3) is 2.22. The van der Waals surface area contributed by atoms with Crippen LogP contribution in [0, 0.1) is 11.8 Å². The van der Waals surface area contributed by atoms with Gasteiger partial charge >= 0.3 is 0 Å². The Balaban J connectivity index is 2.38. The molecule has 1 nitrogen and oxygen atoms in total. The molecule has 1 aliphatic rings. The van der Waals surface area contributed by atoms with Gasteiger partial charge in [-0.2, -0.15) is 0 Å². The summed E-state index contributed by atoms with van der Waals surface area (Å²) in [6, 6.07) is 0.812. The Hall–Kier alpha value is -0.0400. The number of nitrogens with one attached hydrogen (secondary N) is 1. The van der Waals surface area contributed by atoms with Crippen molar-refractivity contribution < 1.29 is 0 Å². The van der Waals surface area contributed by atoms with Crippen LogP contribution in [0.1, 0.15) is 46.0 Å². The predicted octanol–water partition coefficient (Wildman–Crippen LogP) is 2.81. The Kier molecular flexibility index (Phi) is 4.07. The van der Waals surface area contributed by atoms with Crippen molar-refractivity contribution in [2.75, 3.05) is 7.05 Å². The average molecular weight is 169 g/mol. The van der Waals surface area contributed by atoms with Crippen molar-refractivity contribution in [2.45, 2.75) is 52.0 Å². The Bertz CT molecular complexity index is 122. The second-order valence-electron chi connectivity index (χ2n) is 4.26. The first-order valence-electron chi connectivity index (χ1n) is 5.46. The smallest absolute Gasteiger partial charge is 0.00948 e. The van der Waals surface area contributed by atoms with Gasteiger partial charge in [-0.15, -0.1) is 0 Å². The highest BCUT2D eigenvalue weighted by Gasteiger charge is 2.29. The van der Waals surface area contributed by atoms with E-state index in [2.05, 4.69) is 26.2 Å². The van der Waals surface area contributed by atoms with E-state index in [1.807, 2.05) is 0 Å². The Labute approximate surface area is 76.9 Å². The summed E-state index contributed by atoms with van der Waals surface area (Å²) in [6.07, 6.45) is 7.03. The van der Waals surface area contributed by atoms with E-state index in [0.29, 0.717) is 0 Å². The summed E-state index contributed by atoms with van der Waals surface area (Å²) in [6.45, 7) is 4.71. The van der Waals surface area contributed by atoms with Gasteiger partial charge in [-0.05, 0) is 31.7 Å². The van der Waals surface area contributed by atoms with Crippen molar-refractivity contribution in [1.82, 2.24) is 5.32 Å². The molecule has 0 amide bonds. The van der Waals surface area contributed by atoms with Gasteiger partial charge < -0.3 is 5.32 Å². The molecule has 1 heteroatoms. The Morgan fingerprint density at radius 2 is 2.17 bits per heavy atom. The third-order valence-corrected chi connectivity index (χ3v) is 3.42. The Morgan fingerprint density at radius 1 is 1.42 bits per heavy atom. The first kappa shape index (κ1) is 10.0. The van der Waals surface area contributed by atoms with Gasteiger partial charge in [0, 0.05) is 6.04 Å². The van der Waals surface area contributed by atoms with Gasteiger partial charge in [0.25, 0.3) is 0 Å². The summed E-state index contributed by atoms with van der Waals surface area (Å²) in [5.41, 5.74) is 0. The maximum Gasteiger partial charge on any atom is 0.00948 e. The fraction of sp³-hybridized carbons (Fsp3) is 1.00. The number of hydrogen-bond acceptors (Lipinski definition) is 1. The lowest BCUT2D eigenvalue weighted by atomic mass is 9.86. The molecule has 3 atom stereocenters. The molecule has 1 N–H and O–H groups in total. The number of rotatable bonds is 4. The van der Waals surface area contributed by atoms with Gasteiger partial charge in [0.2, 0.25) is 0 Å². The van der Waals surface area contributed by atoms with Gasteiger partial charge in [0.15, 0.2) is 0 Å². The summed E-state index contributed by atoms with van der Waals surface area (Å²) >= 11 is 0. The van der Waals surface area contributed by atoms with Crippen LogP contribution in [0.25, 0.3) is 0 Å². The lowest BCUT2D eigenvalue weighted by molar-refractivity contribution is 0.290. The second-order valence-corrected chi connectivity index (χ2v) is 4.26. The molecule has 0 heterocycles. The van der Waals surface area contributed by atoms with Gasteiger partial charge in [-0.25, -0.2) is 0 Å². The molecular formula is C11H23N. The number of hydrogen-bond donors (Lipinski definition) is 1. The SMILES string of the molecule is CCCC(C)C1CCCC1NC. The molecule has 72 valence electrons. The maximum atomic E-state index is 3.45. The zero-order valence-electron chi connectivity index (χ0n) is 8.77. The van der Waals surface area contributed by atoms with Crippen LogP contribution in [0.4, 0.5) is 0 Å². The molecule has 3 unspecified atom stereocenters. The fourth-order valence-corrected chi connectivity index (χ4v) is 2.70. The van der Waals surface area contributed by atoms with Crippen LogP contribution in [0.2, 0.25) is 0 Å². The molecule has 0 aromatic heterocycles. The van der Waals surface area contributed by atoms with Crippen LogP contribution >= 0.6 is 0 Å². The second kappa shape index (κ2) is 4.86. The molecule has 0 bridgehead atoms. The highest BCUT2D eigenvalue weighted by molar-refractivity contribution is 4.84. The molecule has 1 rings (SSSR count). The molecule has 0 aromatic rings. The quantitative estimate of drug-likeness (QED) is 0.682. The fourth-order valence-electron chi connectivity index (χ4n) is 2.70. The normalized spacial score (nSPS) is 32.2. The summed E-state index contributed by atoms with van der Waals surface area (Å²) in [5.74, 6) is 1.88. The van der Waals surface area contributed by atoms with E-state index in [1.54, 1.807) is 0 Å². The van der Waals surface area contributed by atoms with Crippen LogP contribution in [0.3, 0.4) is 0 Å². The molecule has 0 aliphatic heterocycles. The topological polar surface area (TPSA) is 12.0 Å². The summed E-state index contributed by atoms with van der Waals surface area (Å²) in [7, 11) is 2.11. The molecule has 1 fully saturated rings. The van der Waals surface area contributed by atoms with E-state index in [1.165, 1.54) is 32.1 Å². The third-order valence-electron chi connectivity index (χ3n) is 3.42. The summed E-state index contributed by atoms with van der Waals surface area (Å²) in [5, 5.41) is 3.45. The van der Waals surface area contributed by atoms with Crippen molar-refractivity contribution in [3.8, 4) is 0 Å². The lowest BCUT2D eigenvalue weighted by Crippen LogP contribution is -2.32. The summed E-state index contributed by atoms with van der Waals surface area (Å²) in [4.78, 5) is 0.